The van der Waals surface area contributed by atoms with Gasteiger partial charge >= 0.3 is 6.09 Å². The maximum absolute atomic E-state index is 11.6. The fraction of sp³-hybridized carbons (Fsp3) is 0.938. The topological polar surface area (TPSA) is 50.4 Å². The molecule has 0 bridgehead atoms. The normalized spacial score (nSPS) is 25.6. The Balaban J connectivity index is 2.22. The van der Waals surface area contributed by atoms with E-state index in [1.165, 1.54) is 32.1 Å². The standard InChI is InChI=1S/C16H32N2O2/c1-12-7-6-8-14(10-9-12)18-13(2)11-17-15(19)20-16(3,4)5/h12-14,18H,6-11H2,1-5H3,(H,17,19). The van der Waals surface area contributed by atoms with Gasteiger partial charge in [0.1, 0.15) is 5.60 Å². The molecule has 3 unspecified atom stereocenters. The molecule has 0 aromatic carbocycles. The molecule has 0 aliphatic heterocycles. The first-order valence-corrected chi connectivity index (χ1v) is 7.99. The van der Waals surface area contributed by atoms with Gasteiger partial charge in [0.2, 0.25) is 0 Å². The Bertz CT molecular complexity index is 299. The number of carbonyl (C=O) groups is 1. The van der Waals surface area contributed by atoms with Crippen LogP contribution in [0.2, 0.25) is 0 Å². The van der Waals surface area contributed by atoms with E-state index in [1.807, 2.05) is 20.8 Å². The zero-order valence-electron chi connectivity index (χ0n) is 13.8. The summed E-state index contributed by atoms with van der Waals surface area (Å²) in [5, 5.41) is 6.46. The summed E-state index contributed by atoms with van der Waals surface area (Å²) in [7, 11) is 0. The average molecular weight is 284 g/mol. The molecule has 118 valence electrons. The molecule has 20 heavy (non-hydrogen) atoms. The van der Waals surface area contributed by atoms with Crippen molar-refractivity contribution >= 4 is 6.09 Å². The molecule has 1 fully saturated rings. The smallest absolute Gasteiger partial charge is 0.407 e. The number of hydrogen-bond donors (Lipinski definition) is 2. The number of alkyl carbamates (subject to hydrolysis) is 1. The molecule has 0 heterocycles. The van der Waals surface area contributed by atoms with E-state index in [0.29, 0.717) is 12.6 Å². The average Bonchev–Trinajstić information content (AvgIpc) is 2.50. The zero-order valence-corrected chi connectivity index (χ0v) is 13.8. The van der Waals surface area contributed by atoms with Crippen molar-refractivity contribution in [2.24, 2.45) is 5.92 Å². The first-order chi connectivity index (χ1) is 9.26. The second-order valence-electron chi connectivity index (χ2n) is 7.26. The van der Waals surface area contributed by atoms with E-state index < -0.39 is 5.60 Å². The van der Waals surface area contributed by atoms with E-state index in [1.54, 1.807) is 0 Å². The predicted molar refractivity (Wildman–Crippen MR) is 82.9 cm³/mol. The molecule has 1 saturated carbocycles. The number of rotatable bonds is 4. The number of amides is 1. The van der Waals surface area contributed by atoms with Crippen LogP contribution in [0.3, 0.4) is 0 Å². The van der Waals surface area contributed by atoms with Crippen LogP contribution in [0.15, 0.2) is 0 Å². The van der Waals surface area contributed by atoms with Gasteiger partial charge in [-0.1, -0.05) is 19.8 Å². The molecule has 1 rings (SSSR count). The van der Waals surface area contributed by atoms with Crippen molar-refractivity contribution in [2.75, 3.05) is 6.54 Å². The van der Waals surface area contributed by atoms with Crippen LogP contribution >= 0.6 is 0 Å². The fourth-order valence-corrected chi connectivity index (χ4v) is 2.67. The lowest BCUT2D eigenvalue weighted by molar-refractivity contribution is 0.0522. The highest BCUT2D eigenvalue weighted by molar-refractivity contribution is 5.67. The summed E-state index contributed by atoms with van der Waals surface area (Å²) in [5.41, 5.74) is -0.432. The van der Waals surface area contributed by atoms with E-state index >= 15 is 0 Å². The lowest BCUT2D eigenvalue weighted by Gasteiger charge is -2.24. The van der Waals surface area contributed by atoms with Crippen molar-refractivity contribution in [1.29, 1.82) is 0 Å². The monoisotopic (exact) mass is 284 g/mol. The van der Waals surface area contributed by atoms with E-state index in [4.69, 9.17) is 4.74 Å². The van der Waals surface area contributed by atoms with Crippen molar-refractivity contribution in [3.63, 3.8) is 0 Å². The van der Waals surface area contributed by atoms with Crippen molar-refractivity contribution < 1.29 is 9.53 Å². The van der Waals surface area contributed by atoms with Crippen LogP contribution in [0.25, 0.3) is 0 Å². The minimum Gasteiger partial charge on any atom is -0.444 e. The number of ether oxygens (including phenoxy) is 1. The molecular formula is C16H32N2O2. The van der Waals surface area contributed by atoms with Crippen molar-refractivity contribution in [3.8, 4) is 0 Å². The Morgan fingerprint density at radius 3 is 2.60 bits per heavy atom. The molecule has 0 spiro atoms. The van der Waals surface area contributed by atoms with Gasteiger partial charge in [0.25, 0.3) is 0 Å². The molecule has 0 radical (unpaired) electrons. The minimum absolute atomic E-state index is 0.279. The third-order valence-corrected chi connectivity index (χ3v) is 3.73. The molecule has 0 saturated heterocycles. The van der Waals surface area contributed by atoms with Crippen LogP contribution in [0, 0.1) is 5.92 Å². The Morgan fingerprint density at radius 1 is 1.25 bits per heavy atom. The second kappa shape index (κ2) is 7.87. The summed E-state index contributed by atoms with van der Waals surface area (Å²) in [5.74, 6) is 0.858. The van der Waals surface area contributed by atoms with Crippen molar-refractivity contribution in [2.45, 2.75) is 84.4 Å². The van der Waals surface area contributed by atoms with Gasteiger partial charge in [-0.05, 0) is 52.9 Å². The summed E-state index contributed by atoms with van der Waals surface area (Å²) in [6.45, 7) is 10.7. The Morgan fingerprint density at radius 2 is 1.95 bits per heavy atom. The van der Waals surface area contributed by atoms with Crippen LogP contribution in [-0.4, -0.2) is 30.3 Å². The van der Waals surface area contributed by atoms with Crippen LogP contribution in [0.4, 0.5) is 4.79 Å². The maximum Gasteiger partial charge on any atom is 0.407 e. The third kappa shape index (κ3) is 7.73. The molecule has 0 aromatic heterocycles. The van der Waals surface area contributed by atoms with Gasteiger partial charge < -0.3 is 15.4 Å². The van der Waals surface area contributed by atoms with Gasteiger partial charge in [0.05, 0.1) is 0 Å². The quantitative estimate of drug-likeness (QED) is 0.777. The Labute approximate surface area is 124 Å². The van der Waals surface area contributed by atoms with Gasteiger partial charge in [0, 0.05) is 18.6 Å². The highest BCUT2D eigenvalue weighted by atomic mass is 16.6. The third-order valence-electron chi connectivity index (χ3n) is 3.73. The van der Waals surface area contributed by atoms with Crippen molar-refractivity contribution in [3.05, 3.63) is 0 Å². The predicted octanol–water partition coefficient (Wildman–Crippen LogP) is 3.46. The fourth-order valence-electron chi connectivity index (χ4n) is 2.67. The number of carbonyl (C=O) groups excluding carboxylic acids is 1. The van der Waals surface area contributed by atoms with Crippen molar-refractivity contribution in [1.82, 2.24) is 10.6 Å². The van der Waals surface area contributed by atoms with Gasteiger partial charge in [-0.25, -0.2) is 4.79 Å². The highest BCUT2D eigenvalue weighted by Crippen LogP contribution is 2.22. The SMILES string of the molecule is CC1CCCC(NC(C)CNC(=O)OC(C)(C)C)CC1. The van der Waals surface area contributed by atoms with Crippen LogP contribution in [0.1, 0.15) is 66.7 Å². The molecular weight excluding hydrogens is 252 g/mol. The van der Waals surface area contributed by atoms with Crippen LogP contribution < -0.4 is 10.6 Å². The zero-order chi connectivity index (χ0) is 15.2. The second-order valence-corrected chi connectivity index (χ2v) is 7.26. The Kier molecular flexibility index (Phi) is 6.80. The summed E-state index contributed by atoms with van der Waals surface area (Å²) >= 11 is 0. The number of hydrogen-bond acceptors (Lipinski definition) is 3. The maximum atomic E-state index is 11.6. The molecule has 4 nitrogen and oxygen atoms in total. The minimum atomic E-state index is -0.432. The Hall–Kier alpha value is -0.770. The first-order valence-electron chi connectivity index (χ1n) is 7.99. The van der Waals surface area contributed by atoms with Gasteiger partial charge in [-0.2, -0.15) is 0 Å². The summed E-state index contributed by atoms with van der Waals surface area (Å²) in [6.07, 6.45) is 6.14. The molecule has 2 N–H and O–H groups in total. The molecule has 1 amide bonds. The van der Waals surface area contributed by atoms with Gasteiger partial charge in [-0.3, -0.25) is 0 Å². The van der Waals surface area contributed by atoms with Crippen LogP contribution in [-0.2, 0) is 4.74 Å². The number of nitrogens with one attached hydrogen (secondary N) is 2. The summed E-state index contributed by atoms with van der Waals surface area (Å²) < 4.78 is 5.23. The molecule has 4 heteroatoms. The van der Waals surface area contributed by atoms with Gasteiger partial charge in [0.15, 0.2) is 0 Å². The van der Waals surface area contributed by atoms with E-state index in [9.17, 15) is 4.79 Å². The summed E-state index contributed by atoms with van der Waals surface area (Å²) in [6, 6.07) is 0.872. The van der Waals surface area contributed by atoms with E-state index in [2.05, 4.69) is 24.5 Å². The first kappa shape index (κ1) is 17.3. The molecule has 1 aliphatic carbocycles. The summed E-state index contributed by atoms with van der Waals surface area (Å²) in [4.78, 5) is 11.6. The van der Waals surface area contributed by atoms with Crippen LogP contribution in [0.5, 0.6) is 0 Å². The lowest BCUT2D eigenvalue weighted by atomic mass is 10.0. The lowest BCUT2D eigenvalue weighted by Crippen LogP contribution is -2.44. The molecule has 3 atom stereocenters. The largest absolute Gasteiger partial charge is 0.444 e. The highest BCUT2D eigenvalue weighted by Gasteiger charge is 2.19. The van der Waals surface area contributed by atoms with E-state index in [0.717, 1.165) is 5.92 Å². The molecule has 0 aromatic rings. The van der Waals surface area contributed by atoms with E-state index in [-0.39, 0.29) is 12.1 Å². The van der Waals surface area contributed by atoms with Gasteiger partial charge in [-0.15, -0.1) is 0 Å². The molecule has 1 aliphatic rings.